The molecule has 20 heavy (non-hydrogen) atoms. The summed E-state index contributed by atoms with van der Waals surface area (Å²) in [5.41, 5.74) is 2.00. The third kappa shape index (κ3) is 2.59. The zero-order chi connectivity index (χ0) is 14.9. The normalized spacial score (nSPS) is 15.7. The van der Waals surface area contributed by atoms with Crippen LogP contribution in [0.15, 0.2) is 30.8 Å². The van der Waals surface area contributed by atoms with Gasteiger partial charge in [-0.3, -0.25) is 9.59 Å². The molecule has 0 aromatic heterocycles. The van der Waals surface area contributed by atoms with Gasteiger partial charge in [0.2, 0.25) is 0 Å². The molecule has 1 unspecified atom stereocenters. The van der Waals surface area contributed by atoms with Gasteiger partial charge in [-0.05, 0) is 18.4 Å². The predicted octanol–water partition coefficient (Wildman–Crippen LogP) is 2.86. The first kappa shape index (κ1) is 14.3. The highest BCUT2D eigenvalue weighted by molar-refractivity contribution is 6.08. The van der Waals surface area contributed by atoms with E-state index >= 15 is 0 Å². The van der Waals surface area contributed by atoms with Crippen LogP contribution in [0.2, 0.25) is 0 Å². The number of carboxylic acid groups (broad SMARTS) is 1. The summed E-state index contributed by atoms with van der Waals surface area (Å²) in [6.07, 6.45) is 0.544. The largest absolute Gasteiger partial charge is 0.481 e. The number of hydrogen-bond acceptors (Lipinski definition) is 2. The predicted molar refractivity (Wildman–Crippen MR) is 77.1 cm³/mol. The van der Waals surface area contributed by atoms with Gasteiger partial charge < -0.3 is 10.0 Å². The smallest absolute Gasteiger partial charge is 0.308 e. The molecule has 1 aliphatic rings. The number of carbonyl (C=O) groups is 2. The molecule has 0 bridgehead atoms. The summed E-state index contributed by atoms with van der Waals surface area (Å²) < 4.78 is 0. The molecule has 0 saturated heterocycles. The maximum Gasteiger partial charge on any atom is 0.308 e. The first-order valence-corrected chi connectivity index (χ1v) is 6.74. The number of amides is 1. The highest BCUT2D eigenvalue weighted by atomic mass is 16.4. The molecular formula is C16H19NO3. The Hall–Kier alpha value is -2.10. The van der Waals surface area contributed by atoms with Crippen LogP contribution in [-0.4, -0.2) is 28.4 Å². The Morgan fingerprint density at radius 3 is 2.40 bits per heavy atom. The van der Waals surface area contributed by atoms with Gasteiger partial charge in [0, 0.05) is 23.4 Å². The quantitative estimate of drug-likeness (QED) is 0.897. The van der Waals surface area contributed by atoms with Crippen LogP contribution in [-0.2, 0) is 4.79 Å². The summed E-state index contributed by atoms with van der Waals surface area (Å²) in [7, 11) is 0. The molecule has 1 heterocycles. The first-order chi connectivity index (χ1) is 9.41. The molecule has 106 valence electrons. The average molecular weight is 273 g/mol. The molecular weight excluding hydrogens is 254 g/mol. The Morgan fingerprint density at radius 2 is 1.90 bits per heavy atom. The van der Waals surface area contributed by atoms with E-state index in [9.17, 15) is 14.7 Å². The van der Waals surface area contributed by atoms with Crippen LogP contribution < -0.4 is 0 Å². The minimum atomic E-state index is -0.866. The number of carbonyl (C=O) groups excluding carboxylic acids is 1. The van der Waals surface area contributed by atoms with Crippen molar-refractivity contribution in [1.29, 1.82) is 0 Å². The molecule has 0 fully saturated rings. The molecule has 1 aromatic carbocycles. The number of aliphatic carboxylic acids is 1. The van der Waals surface area contributed by atoms with E-state index in [0.717, 1.165) is 5.56 Å². The fourth-order valence-corrected chi connectivity index (χ4v) is 2.57. The van der Waals surface area contributed by atoms with Gasteiger partial charge in [0.05, 0.1) is 5.92 Å². The van der Waals surface area contributed by atoms with Gasteiger partial charge in [-0.15, -0.1) is 0 Å². The van der Waals surface area contributed by atoms with Gasteiger partial charge in [-0.25, -0.2) is 0 Å². The summed E-state index contributed by atoms with van der Waals surface area (Å²) in [6, 6.07) is 7.24. The van der Waals surface area contributed by atoms with Crippen molar-refractivity contribution in [2.45, 2.75) is 20.3 Å². The van der Waals surface area contributed by atoms with Crippen LogP contribution in [0.4, 0.5) is 0 Å². The van der Waals surface area contributed by atoms with E-state index in [0.29, 0.717) is 17.7 Å². The molecule has 4 nitrogen and oxygen atoms in total. The Morgan fingerprint density at radius 1 is 1.30 bits per heavy atom. The van der Waals surface area contributed by atoms with Crippen molar-refractivity contribution in [3.8, 4) is 0 Å². The second kappa shape index (κ2) is 5.49. The van der Waals surface area contributed by atoms with Gasteiger partial charge >= 0.3 is 5.97 Å². The molecule has 0 aliphatic carbocycles. The summed E-state index contributed by atoms with van der Waals surface area (Å²) in [5.74, 6) is -1.31. The fraction of sp³-hybridized carbons (Fsp3) is 0.375. The second-order valence-electron chi connectivity index (χ2n) is 5.57. The first-order valence-electron chi connectivity index (χ1n) is 6.74. The minimum absolute atomic E-state index is 0.152. The van der Waals surface area contributed by atoms with Gasteiger partial charge in [-0.1, -0.05) is 38.6 Å². The monoisotopic (exact) mass is 273 g/mol. The highest BCUT2D eigenvalue weighted by Crippen LogP contribution is 2.32. The van der Waals surface area contributed by atoms with Crippen molar-refractivity contribution in [3.63, 3.8) is 0 Å². The lowest BCUT2D eigenvalue weighted by Crippen LogP contribution is -2.33. The lowest BCUT2D eigenvalue weighted by Gasteiger charge is -2.23. The standard InChI is InChI=1S/C16H19NO3/c1-10(2)8-12(16(19)20)9-17-11(3)13-6-4-5-7-14(13)15(17)18/h4-7,10,12H,3,8-9H2,1-2H3,(H,19,20). The SMILES string of the molecule is C=C1c2ccccc2C(=O)N1CC(CC(C)C)C(=O)O. The average Bonchev–Trinajstić information content (AvgIpc) is 2.63. The van der Waals surface area contributed by atoms with E-state index in [1.165, 1.54) is 4.90 Å². The van der Waals surface area contributed by atoms with Crippen LogP contribution in [0.3, 0.4) is 0 Å². The number of nitrogens with zero attached hydrogens (tertiary/aromatic N) is 1. The van der Waals surface area contributed by atoms with Gasteiger partial charge in [-0.2, -0.15) is 0 Å². The van der Waals surface area contributed by atoms with Crippen LogP contribution >= 0.6 is 0 Å². The number of rotatable bonds is 5. The Bertz CT molecular complexity index is 528. The molecule has 1 aromatic rings. The molecule has 2 rings (SSSR count). The number of carboxylic acids is 1. The van der Waals surface area contributed by atoms with Crippen molar-refractivity contribution in [1.82, 2.24) is 4.90 Å². The van der Waals surface area contributed by atoms with E-state index in [1.807, 2.05) is 26.0 Å². The van der Waals surface area contributed by atoms with Crippen LogP contribution in [0.25, 0.3) is 5.70 Å². The maximum atomic E-state index is 12.3. The molecule has 1 aliphatic heterocycles. The van der Waals surface area contributed by atoms with E-state index in [1.54, 1.807) is 12.1 Å². The minimum Gasteiger partial charge on any atom is -0.481 e. The fourth-order valence-electron chi connectivity index (χ4n) is 2.57. The topological polar surface area (TPSA) is 57.6 Å². The van der Waals surface area contributed by atoms with E-state index in [4.69, 9.17) is 0 Å². The molecule has 0 spiro atoms. The zero-order valence-electron chi connectivity index (χ0n) is 11.8. The molecule has 0 saturated carbocycles. The van der Waals surface area contributed by atoms with Gasteiger partial charge in [0.1, 0.15) is 0 Å². The Balaban J connectivity index is 2.21. The van der Waals surface area contributed by atoms with Crippen molar-refractivity contribution in [2.75, 3.05) is 6.54 Å². The van der Waals surface area contributed by atoms with Crippen molar-refractivity contribution < 1.29 is 14.7 Å². The van der Waals surface area contributed by atoms with Crippen LogP contribution in [0.5, 0.6) is 0 Å². The summed E-state index contributed by atoms with van der Waals surface area (Å²) in [6.45, 7) is 8.07. The van der Waals surface area contributed by atoms with Crippen molar-refractivity contribution in [3.05, 3.63) is 42.0 Å². The van der Waals surface area contributed by atoms with E-state index in [2.05, 4.69) is 6.58 Å². The molecule has 1 amide bonds. The highest BCUT2D eigenvalue weighted by Gasteiger charge is 2.34. The third-order valence-corrected chi connectivity index (χ3v) is 3.55. The van der Waals surface area contributed by atoms with Crippen LogP contribution in [0, 0.1) is 11.8 Å². The van der Waals surface area contributed by atoms with Gasteiger partial charge in [0.25, 0.3) is 5.91 Å². The number of fused-ring (bicyclic) bond motifs is 1. The lowest BCUT2D eigenvalue weighted by molar-refractivity contribution is -0.142. The van der Waals surface area contributed by atoms with Crippen molar-refractivity contribution in [2.24, 2.45) is 11.8 Å². The maximum absolute atomic E-state index is 12.3. The van der Waals surface area contributed by atoms with Crippen molar-refractivity contribution >= 4 is 17.6 Å². The lowest BCUT2D eigenvalue weighted by atomic mass is 9.96. The molecule has 0 radical (unpaired) electrons. The number of benzene rings is 1. The molecule has 1 atom stereocenters. The summed E-state index contributed by atoms with van der Waals surface area (Å²) in [4.78, 5) is 25.2. The Kier molecular flexibility index (Phi) is 3.93. The molecule has 4 heteroatoms. The zero-order valence-corrected chi connectivity index (χ0v) is 11.8. The third-order valence-electron chi connectivity index (χ3n) is 3.55. The van der Waals surface area contributed by atoms with E-state index < -0.39 is 11.9 Å². The molecule has 1 N–H and O–H groups in total. The van der Waals surface area contributed by atoms with Gasteiger partial charge in [0.15, 0.2) is 0 Å². The Labute approximate surface area is 118 Å². The van der Waals surface area contributed by atoms with E-state index in [-0.39, 0.29) is 18.4 Å². The van der Waals surface area contributed by atoms with Crippen LogP contribution in [0.1, 0.15) is 36.2 Å². The number of hydrogen-bond donors (Lipinski definition) is 1. The summed E-state index contributed by atoms with van der Waals surface area (Å²) in [5, 5.41) is 9.30. The second-order valence-corrected chi connectivity index (χ2v) is 5.57. The summed E-state index contributed by atoms with van der Waals surface area (Å²) >= 11 is 0.